The van der Waals surface area contributed by atoms with Crippen LogP contribution in [-0.2, 0) is 0 Å². The number of hydrogen-bond donors (Lipinski definition) is 1. The van der Waals surface area contributed by atoms with Gasteiger partial charge in [0.1, 0.15) is 5.75 Å². The van der Waals surface area contributed by atoms with Gasteiger partial charge in [0, 0.05) is 25.2 Å². The lowest BCUT2D eigenvalue weighted by Crippen LogP contribution is -2.44. The van der Waals surface area contributed by atoms with E-state index in [1.54, 1.807) is 0 Å². The quantitative estimate of drug-likeness (QED) is 0.917. The normalized spacial score (nSPS) is 19.4. The first-order chi connectivity index (χ1) is 10.7. The monoisotopic (exact) mass is 338 g/mol. The summed E-state index contributed by atoms with van der Waals surface area (Å²) in [5.74, 6) is 0.934. The number of nitrogens with zero attached hydrogens (tertiary/aromatic N) is 1. The number of carbonyl (C=O) groups is 1. The van der Waals surface area contributed by atoms with Gasteiger partial charge in [-0.15, -0.1) is 12.4 Å². The summed E-state index contributed by atoms with van der Waals surface area (Å²) < 4.78 is 5.63. The van der Waals surface area contributed by atoms with Gasteiger partial charge in [-0.3, -0.25) is 4.79 Å². The lowest BCUT2D eigenvalue weighted by Gasteiger charge is -2.38. The largest absolute Gasteiger partial charge is 0.494 e. The van der Waals surface area contributed by atoms with Crippen molar-refractivity contribution in [2.45, 2.75) is 32.6 Å². The first kappa shape index (κ1) is 18.1. The van der Waals surface area contributed by atoms with Crippen LogP contribution in [-0.4, -0.2) is 43.6 Å². The second-order valence-corrected chi connectivity index (χ2v) is 6.60. The van der Waals surface area contributed by atoms with Crippen LogP contribution in [0, 0.1) is 5.41 Å². The first-order valence-electron chi connectivity index (χ1n) is 8.45. The van der Waals surface area contributed by atoms with Crippen molar-refractivity contribution < 1.29 is 9.53 Å². The first-order valence-corrected chi connectivity index (χ1v) is 8.45. The molecule has 4 nitrogen and oxygen atoms in total. The van der Waals surface area contributed by atoms with Crippen molar-refractivity contribution in [3.05, 3.63) is 29.8 Å². The second-order valence-electron chi connectivity index (χ2n) is 6.60. The van der Waals surface area contributed by atoms with Crippen LogP contribution in [0.15, 0.2) is 24.3 Å². The average molecular weight is 339 g/mol. The minimum atomic E-state index is 0. The van der Waals surface area contributed by atoms with Crippen LogP contribution in [0.4, 0.5) is 0 Å². The van der Waals surface area contributed by atoms with E-state index < -0.39 is 0 Å². The van der Waals surface area contributed by atoms with E-state index in [0.29, 0.717) is 12.0 Å². The molecule has 0 aliphatic carbocycles. The summed E-state index contributed by atoms with van der Waals surface area (Å²) in [6, 6.07) is 7.59. The lowest BCUT2D eigenvalue weighted by molar-refractivity contribution is 0.0607. The van der Waals surface area contributed by atoms with Crippen molar-refractivity contribution in [2.24, 2.45) is 5.41 Å². The van der Waals surface area contributed by atoms with Crippen LogP contribution in [0.25, 0.3) is 0 Å². The highest BCUT2D eigenvalue weighted by atomic mass is 35.5. The summed E-state index contributed by atoms with van der Waals surface area (Å²) in [5.41, 5.74) is 1.19. The molecule has 1 N–H and O–H groups in total. The zero-order chi connectivity index (χ0) is 15.4. The van der Waals surface area contributed by atoms with Gasteiger partial charge in [0.05, 0.1) is 6.61 Å². The van der Waals surface area contributed by atoms with Gasteiger partial charge in [-0.25, -0.2) is 0 Å². The summed E-state index contributed by atoms with van der Waals surface area (Å²) in [4.78, 5) is 14.7. The number of amides is 1. The number of likely N-dealkylation sites (tertiary alicyclic amines) is 1. The molecule has 2 aliphatic rings. The fourth-order valence-electron chi connectivity index (χ4n) is 3.53. The van der Waals surface area contributed by atoms with Gasteiger partial charge in [-0.2, -0.15) is 0 Å². The molecule has 3 rings (SSSR count). The van der Waals surface area contributed by atoms with Gasteiger partial charge in [0.15, 0.2) is 0 Å². The molecule has 5 heteroatoms. The summed E-state index contributed by atoms with van der Waals surface area (Å²) >= 11 is 0. The topological polar surface area (TPSA) is 41.6 Å². The summed E-state index contributed by atoms with van der Waals surface area (Å²) in [5, 5.41) is 3.47. The maximum atomic E-state index is 12.7. The van der Waals surface area contributed by atoms with E-state index >= 15 is 0 Å². The number of nitrogens with one attached hydrogen (secondary N) is 1. The number of hydrogen-bond acceptors (Lipinski definition) is 3. The number of rotatable bonds is 4. The molecule has 2 aliphatic heterocycles. The van der Waals surface area contributed by atoms with Crippen molar-refractivity contribution >= 4 is 18.3 Å². The third-order valence-corrected chi connectivity index (χ3v) is 5.00. The average Bonchev–Trinajstić information content (AvgIpc) is 3.01. The number of halogens is 1. The zero-order valence-corrected chi connectivity index (χ0v) is 14.7. The highest BCUT2D eigenvalue weighted by Crippen LogP contribution is 2.37. The Morgan fingerprint density at radius 1 is 1.30 bits per heavy atom. The SMILES string of the molecule is CCCOc1cccc(C(=O)N2CCC3(CCNC3)CC2)c1.Cl. The molecule has 128 valence electrons. The van der Waals surface area contributed by atoms with Crippen molar-refractivity contribution in [3.63, 3.8) is 0 Å². The highest BCUT2D eigenvalue weighted by molar-refractivity contribution is 5.94. The Morgan fingerprint density at radius 3 is 2.74 bits per heavy atom. The van der Waals surface area contributed by atoms with E-state index in [1.807, 2.05) is 29.2 Å². The molecule has 0 atom stereocenters. The molecule has 1 spiro atoms. The molecular weight excluding hydrogens is 312 g/mol. The lowest BCUT2D eigenvalue weighted by atomic mass is 9.78. The summed E-state index contributed by atoms with van der Waals surface area (Å²) in [7, 11) is 0. The predicted molar refractivity (Wildman–Crippen MR) is 94.5 cm³/mol. The molecule has 1 amide bonds. The van der Waals surface area contributed by atoms with Crippen molar-refractivity contribution in [3.8, 4) is 5.75 Å². The van der Waals surface area contributed by atoms with Crippen LogP contribution in [0.2, 0.25) is 0 Å². The van der Waals surface area contributed by atoms with Crippen LogP contribution < -0.4 is 10.1 Å². The molecule has 0 aromatic heterocycles. The van der Waals surface area contributed by atoms with Crippen molar-refractivity contribution in [1.29, 1.82) is 0 Å². The van der Waals surface area contributed by atoms with E-state index in [0.717, 1.165) is 56.8 Å². The smallest absolute Gasteiger partial charge is 0.253 e. The molecule has 2 fully saturated rings. The molecule has 1 aromatic rings. The second kappa shape index (κ2) is 8.02. The Kier molecular flexibility index (Phi) is 6.31. The van der Waals surface area contributed by atoms with E-state index in [-0.39, 0.29) is 18.3 Å². The standard InChI is InChI=1S/C18H26N2O2.ClH/c1-2-12-22-16-5-3-4-15(13-16)17(21)20-10-7-18(8-11-20)6-9-19-14-18;/h3-5,13,19H,2,6-12,14H2,1H3;1H. The molecular formula is C18H27ClN2O2. The number of benzene rings is 1. The van der Waals surface area contributed by atoms with E-state index in [2.05, 4.69) is 12.2 Å². The molecule has 0 unspecified atom stereocenters. The summed E-state index contributed by atoms with van der Waals surface area (Å²) in [6.45, 7) is 6.77. The third kappa shape index (κ3) is 4.18. The van der Waals surface area contributed by atoms with Crippen LogP contribution in [0.3, 0.4) is 0 Å². The van der Waals surface area contributed by atoms with E-state index in [9.17, 15) is 4.79 Å². The molecule has 0 radical (unpaired) electrons. The number of carbonyl (C=O) groups excluding carboxylic acids is 1. The van der Waals surface area contributed by atoms with Crippen molar-refractivity contribution in [2.75, 3.05) is 32.8 Å². The summed E-state index contributed by atoms with van der Waals surface area (Å²) in [6.07, 6.45) is 4.48. The Labute approximate surface area is 145 Å². The van der Waals surface area contributed by atoms with Gasteiger partial charge >= 0.3 is 0 Å². The molecule has 0 saturated carbocycles. The minimum absolute atomic E-state index is 0. The Hall–Kier alpha value is -1.26. The Morgan fingerprint density at radius 2 is 2.09 bits per heavy atom. The van der Waals surface area contributed by atoms with Gasteiger partial charge in [0.2, 0.25) is 0 Å². The molecule has 2 heterocycles. The van der Waals surface area contributed by atoms with Gasteiger partial charge in [-0.05, 0) is 55.8 Å². The van der Waals surface area contributed by atoms with Gasteiger partial charge in [0.25, 0.3) is 5.91 Å². The Balaban J connectivity index is 0.00000192. The fourth-order valence-corrected chi connectivity index (χ4v) is 3.53. The Bertz CT molecular complexity index is 520. The third-order valence-electron chi connectivity index (χ3n) is 5.00. The van der Waals surface area contributed by atoms with Crippen LogP contribution >= 0.6 is 12.4 Å². The van der Waals surface area contributed by atoms with Gasteiger partial charge < -0.3 is 15.0 Å². The highest BCUT2D eigenvalue weighted by Gasteiger charge is 2.38. The van der Waals surface area contributed by atoms with Crippen molar-refractivity contribution in [1.82, 2.24) is 10.2 Å². The maximum absolute atomic E-state index is 12.7. The van der Waals surface area contributed by atoms with Gasteiger partial charge in [-0.1, -0.05) is 13.0 Å². The predicted octanol–water partition coefficient (Wildman–Crippen LogP) is 3.11. The maximum Gasteiger partial charge on any atom is 0.253 e. The molecule has 0 bridgehead atoms. The van der Waals surface area contributed by atoms with Crippen LogP contribution in [0.5, 0.6) is 5.75 Å². The van der Waals surface area contributed by atoms with E-state index in [4.69, 9.17) is 4.74 Å². The molecule has 2 saturated heterocycles. The molecule has 1 aromatic carbocycles. The zero-order valence-electron chi connectivity index (χ0n) is 13.8. The molecule has 23 heavy (non-hydrogen) atoms. The fraction of sp³-hybridized carbons (Fsp3) is 0.611. The van der Waals surface area contributed by atoms with Crippen LogP contribution in [0.1, 0.15) is 43.0 Å². The number of ether oxygens (including phenoxy) is 1. The van der Waals surface area contributed by atoms with E-state index in [1.165, 1.54) is 6.42 Å². The number of piperidine rings is 1. The minimum Gasteiger partial charge on any atom is -0.494 e.